The summed E-state index contributed by atoms with van der Waals surface area (Å²) in [5, 5.41) is 13.9. The first kappa shape index (κ1) is 14.1. The third-order valence-electron chi connectivity index (χ3n) is 2.84. The van der Waals surface area contributed by atoms with E-state index in [1.165, 1.54) is 6.07 Å². The molecule has 1 atom stereocenters. The molecule has 0 saturated heterocycles. The number of nitrogens with one attached hydrogen (secondary N) is 1. The van der Waals surface area contributed by atoms with Gasteiger partial charge in [-0.1, -0.05) is 29.3 Å². The Morgan fingerprint density at radius 1 is 1.32 bits per heavy atom. The van der Waals surface area contributed by atoms with Gasteiger partial charge in [0.05, 0.1) is 10.7 Å². The topological polar surface area (TPSA) is 45.1 Å². The SMILES string of the molecule is C[C@H](NCc1cc(Cl)cc(Cl)c1O)c1ccccn1. The molecule has 1 aromatic carbocycles. The predicted molar refractivity (Wildman–Crippen MR) is 77.6 cm³/mol. The molecular weight excluding hydrogens is 283 g/mol. The van der Waals surface area contributed by atoms with Crippen LogP contribution in [0, 0.1) is 0 Å². The van der Waals surface area contributed by atoms with E-state index < -0.39 is 0 Å². The van der Waals surface area contributed by atoms with Gasteiger partial charge in [-0.15, -0.1) is 0 Å². The molecule has 0 aliphatic heterocycles. The molecule has 0 amide bonds. The average Bonchev–Trinajstić information content (AvgIpc) is 2.41. The Morgan fingerprint density at radius 3 is 2.79 bits per heavy atom. The monoisotopic (exact) mass is 296 g/mol. The quantitative estimate of drug-likeness (QED) is 0.898. The molecule has 0 radical (unpaired) electrons. The second-order valence-electron chi connectivity index (χ2n) is 4.25. The van der Waals surface area contributed by atoms with Crippen molar-refractivity contribution in [2.75, 3.05) is 0 Å². The molecule has 100 valence electrons. The fourth-order valence-electron chi connectivity index (χ4n) is 1.75. The number of benzene rings is 1. The highest BCUT2D eigenvalue weighted by Crippen LogP contribution is 2.31. The number of nitrogens with zero attached hydrogens (tertiary/aromatic N) is 1. The van der Waals surface area contributed by atoms with Gasteiger partial charge in [0.25, 0.3) is 0 Å². The summed E-state index contributed by atoms with van der Waals surface area (Å²) in [6, 6.07) is 9.04. The molecule has 0 saturated carbocycles. The molecular formula is C14H14Cl2N2O. The van der Waals surface area contributed by atoms with Crippen molar-refractivity contribution in [1.82, 2.24) is 10.3 Å². The maximum absolute atomic E-state index is 9.86. The standard InChI is InChI=1S/C14H14Cl2N2O/c1-9(13-4-2-3-5-17-13)18-8-10-6-11(15)7-12(16)14(10)19/h2-7,9,18-19H,8H2,1H3/t9-/m0/s1. The molecule has 1 aromatic heterocycles. The zero-order valence-electron chi connectivity index (χ0n) is 10.4. The van der Waals surface area contributed by atoms with Crippen LogP contribution < -0.4 is 5.32 Å². The first-order valence-corrected chi connectivity index (χ1v) is 6.64. The third kappa shape index (κ3) is 3.60. The summed E-state index contributed by atoms with van der Waals surface area (Å²) >= 11 is 11.8. The maximum atomic E-state index is 9.86. The molecule has 0 fully saturated rings. The number of aromatic nitrogens is 1. The van der Waals surface area contributed by atoms with Gasteiger partial charge in [0.1, 0.15) is 5.75 Å². The maximum Gasteiger partial charge on any atom is 0.138 e. The van der Waals surface area contributed by atoms with Gasteiger partial charge in [-0.05, 0) is 31.2 Å². The first-order chi connectivity index (χ1) is 9.08. The number of pyridine rings is 1. The van der Waals surface area contributed by atoms with Gasteiger partial charge in [-0.3, -0.25) is 4.98 Å². The van der Waals surface area contributed by atoms with Crippen LogP contribution in [0.5, 0.6) is 5.75 Å². The van der Waals surface area contributed by atoms with E-state index in [-0.39, 0.29) is 16.8 Å². The number of rotatable bonds is 4. The number of hydrogen-bond acceptors (Lipinski definition) is 3. The highest BCUT2D eigenvalue weighted by Gasteiger charge is 2.10. The van der Waals surface area contributed by atoms with Crippen LogP contribution in [0.4, 0.5) is 0 Å². The van der Waals surface area contributed by atoms with Crippen molar-refractivity contribution in [2.45, 2.75) is 19.5 Å². The van der Waals surface area contributed by atoms with Crippen LogP contribution in [0.2, 0.25) is 10.0 Å². The average molecular weight is 297 g/mol. The second-order valence-corrected chi connectivity index (χ2v) is 5.10. The van der Waals surface area contributed by atoms with Crippen molar-refractivity contribution in [1.29, 1.82) is 0 Å². The van der Waals surface area contributed by atoms with E-state index in [4.69, 9.17) is 23.2 Å². The predicted octanol–water partition coefficient (Wildman–Crippen LogP) is 3.94. The molecule has 0 bridgehead atoms. The van der Waals surface area contributed by atoms with E-state index in [1.54, 1.807) is 12.3 Å². The first-order valence-electron chi connectivity index (χ1n) is 5.89. The largest absolute Gasteiger partial charge is 0.506 e. The molecule has 2 N–H and O–H groups in total. The molecule has 2 aromatic rings. The lowest BCUT2D eigenvalue weighted by Crippen LogP contribution is -2.19. The van der Waals surface area contributed by atoms with Gasteiger partial charge in [-0.2, -0.15) is 0 Å². The minimum atomic E-state index is 0.0618. The van der Waals surface area contributed by atoms with E-state index in [9.17, 15) is 5.11 Å². The molecule has 0 aliphatic carbocycles. The minimum Gasteiger partial charge on any atom is -0.506 e. The molecule has 2 rings (SSSR count). The van der Waals surface area contributed by atoms with Gasteiger partial charge in [0, 0.05) is 29.4 Å². The normalized spacial score (nSPS) is 12.4. The number of phenolic OH excluding ortho intramolecular Hbond substituents is 1. The Bertz CT molecular complexity index is 561. The Labute approximate surface area is 122 Å². The molecule has 19 heavy (non-hydrogen) atoms. The van der Waals surface area contributed by atoms with Crippen molar-refractivity contribution < 1.29 is 5.11 Å². The smallest absolute Gasteiger partial charge is 0.138 e. The van der Waals surface area contributed by atoms with E-state index in [0.29, 0.717) is 17.1 Å². The number of halogens is 2. The zero-order chi connectivity index (χ0) is 13.8. The summed E-state index contributed by atoms with van der Waals surface area (Å²) in [5.41, 5.74) is 1.61. The fourth-order valence-corrected chi connectivity index (χ4v) is 2.29. The highest BCUT2D eigenvalue weighted by atomic mass is 35.5. The van der Waals surface area contributed by atoms with Gasteiger partial charge < -0.3 is 10.4 Å². The number of phenols is 1. The van der Waals surface area contributed by atoms with E-state index in [0.717, 1.165) is 5.69 Å². The van der Waals surface area contributed by atoms with Crippen molar-refractivity contribution in [3.05, 3.63) is 57.8 Å². The Balaban J connectivity index is 2.07. The Kier molecular flexibility index (Phi) is 4.64. The van der Waals surface area contributed by atoms with Crippen molar-refractivity contribution >= 4 is 23.2 Å². The summed E-state index contributed by atoms with van der Waals surface area (Å²) in [4.78, 5) is 4.27. The minimum absolute atomic E-state index is 0.0618. The molecule has 3 nitrogen and oxygen atoms in total. The summed E-state index contributed by atoms with van der Waals surface area (Å²) in [6.45, 7) is 2.47. The lowest BCUT2D eigenvalue weighted by Gasteiger charge is -2.14. The van der Waals surface area contributed by atoms with Gasteiger partial charge in [-0.25, -0.2) is 0 Å². The van der Waals surface area contributed by atoms with Gasteiger partial charge in [0.2, 0.25) is 0 Å². The lowest BCUT2D eigenvalue weighted by atomic mass is 10.1. The van der Waals surface area contributed by atoms with Gasteiger partial charge >= 0.3 is 0 Å². The van der Waals surface area contributed by atoms with Crippen molar-refractivity contribution in [3.8, 4) is 5.75 Å². The van der Waals surface area contributed by atoms with E-state index in [2.05, 4.69) is 10.3 Å². The van der Waals surface area contributed by atoms with Crippen molar-refractivity contribution in [2.24, 2.45) is 0 Å². The van der Waals surface area contributed by atoms with Crippen LogP contribution in [-0.2, 0) is 6.54 Å². The molecule has 0 aliphatic rings. The fraction of sp³-hybridized carbons (Fsp3) is 0.214. The molecule has 0 spiro atoms. The summed E-state index contributed by atoms with van der Waals surface area (Å²) < 4.78 is 0. The number of aromatic hydroxyl groups is 1. The van der Waals surface area contributed by atoms with E-state index in [1.807, 2.05) is 25.1 Å². The highest BCUT2D eigenvalue weighted by molar-refractivity contribution is 6.35. The molecule has 5 heteroatoms. The lowest BCUT2D eigenvalue weighted by molar-refractivity contribution is 0.460. The van der Waals surface area contributed by atoms with Crippen LogP contribution in [0.15, 0.2) is 36.5 Å². The van der Waals surface area contributed by atoms with Crippen LogP contribution in [0.1, 0.15) is 24.2 Å². The van der Waals surface area contributed by atoms with Crippen LogP contribution in [0.25, 0.3) is 0 Å². The Hall–Kier alpha value is -1.29. The molecule has 1 heterocycles. The summed E-state index contributed by atoms with van der Waals surface area (Å²) in [7, 11) is 0. The van der Waals surface area contributed by atoms with Gasteiger partial charge in [0.15, 0.2) is 0 Å². The van der Waals surface area contributed by atoms with Crippen LogP contribution in [-0.4, -0.2) is 10.1 Å². The second kappa shape index (κ2) is 6.24. The van der Waals surface area contributed by atoms with E-state index >= 15 is 0 Å². The summed E-state index contributed by atoms with van der Waals surface area (Å²) in [5.74, 6) is 0.0618. The number of hydrogen-bond donors (Lipinski definition) is 2. The van der Waals surface area contributed by atoms with Crippen molar-refractivity contribution in [3.63, 3.8) is 0 Å². The van der Waals surface area contributed by atoms with Crippen LogP contribution >= 0.6 is 23.2 Å². The molecule has 0 unspecified atom stereocenters. The van der Waals surface area contributed by atoms with Crippen LogP contribution in [0.3, 0.4) is 0 Å². The summed E-state index contributed by atoms with van der Waals surface area (Å²) in [6.07, 6.45) is 1.75. The zero-order valence-corrected chi connectivity index (χ0v) is 11.9. The third-order valence-corrected chi connectivity index (χ3v) is 3.34. The Morgan fingerprint density at radius 2 is 2.11 bits per heavy atom.